The summed E-state index contributed by atoms with van der Waals surface area (Å²) in [6, 6.07) is 5.60. The Bertz CT molecular complexity index is 813. The molecule has 2 rings (SSSR count). The Morgan fingerprint density at radius 2 is 1.84 bits per heavy atom. The van der Waals surface area contributed by atoms with E-state index in [1.54, 1.807) is 26.0 Å². The van der Waals surface area contributed by atoms with Crippen LogP contribution in [0.3, 0.4) is 0 Å². The summed E-state index contributed by atoms with van der Waals surface area (Å²) in [5, 5.41) is 7.98. The third kappa shape index (κ3) is 4.18. The lowest BCUT2D eigenvalue weighted by Crippen LogP contribution is -2.50. The molecule has 8 nitrogen and oxygen atoms in total. The van der Waals surface area contributed by atoms with E-state index < -0.39 is 10.0 Å². The molecule has 1 aromatic rings. The van der Waals surface area contributed by atoms with Gasteiger partial charge in [-0.1, -0.05) is 12.1 Å². The van der Waals surface area contributed by atoms with Crippen LogP contribution in [-0.4, -0.2) is 44.8 Å². The maximum atomic E-state index is 12.4. The largest absolute Gasteiger partial charge is 0.348 e. The summed E-state index contributed by atoms with van der Waals surface area (Å²) in [6.07, 6.45) is 0. The Hall–Kier alpha value is -2.39. The first-order valence-electron chi connectivity index (χ1n) is 7.71. The summed E-state index contributed by atoms with van der Waals surface area (Å²) in [5.41, 5.74) is 1.75. The van der Waals surface area contributed by atoms with Gasteiger partial charge in [-0.05, 0) is 31.5 Å². The Morgan fingerprint density at radius 1 is 1.24 bits per heavy atom. The van der Waals surface area contributed by atoms with Crippen molar-refractivity contribution >= 4 is 22.0 Å². The average molecular weight is 366 g/mol. The van der Waals surface area contributed by atoms with Crippen LogP contribution in [0.5, 0.6) is 0 Å². The van der Waals surface area contributed by atoms with E-state index in [0.717, 1.165) is 9.87 Å². The highest BCUT2D eigenvalue weighted by atomic mass is 32.2. The Labute approximate surface area is 147 Å². The van der Waals surface area contributed by atoms with Crippen LogP contribution in [0.15, 0.2) is 40.4 Å². The van der Waals surface area contributed by atoms with E-state index in [4.69, 9.17) is 0 Å². The van der Waals surface area contributed by atoms with Gasteiger partial charge in [0.15, 0.2) is 0 Å². The first-order valence-corrected chi connectivity index (χ1v) is 9.15. The molecule has 1 aliphatic heterocycles. The van der Waals surface area contributed by atoms with Crippen molar-refractivity contribution < 1.29 is 18.0 Å². The molecular weight excluding hydrogens is 344 g/mol. The molecule has 1 aromatic carbocycles. The fourth-order valence-electron chi connectivity index (χ4n) is 2.50. The predicted octanol–water partition coefficient (Wildman–Crippen LogP) is 0.528. The van der Waals surface area contributed by atoms with E-state index in [1.807, 2.05) is 0 Å². The first kappa shape index (κ1) is 18.9. The van der Waals surface area contributed by atoms with Crippen LogP contribution in [0.1, 0.15) is 19.4 Å². The van der Waals surface area contributed by atoms with E-state index in [1.165, 1.54) is 26.2 Å². The van der Waals surface area contributed by atoms with Crippen LogP contribution in [0.4, 0.5) is 4.79 Å². The summed E-state index contributed by atoms with van der Waals surface area (Å²) >= 11 is 0. The number of amides is 3. The van der Waals surface area contributed by atoms with E-state index in [-0.39, 0.29) is 29.4 Å². The number of hydrogen-bond acceptors (Lipinski definition) is 4. The maximum absolute atomic E-state index is 12.4. The molecule has 0 saturated heterocycles. The predicted molar refractivity (Wildman–Crippen MR) is 93.0 cm³/mol. The third-order valence-corrected chi connectivity index (χ3v) is 5.71. The monoisotopic (exact) mass is 366 g/mol. The van der Waals surface area contributed by atoms with Crippen molar-refractivity contribution in [2.45, 2.75) is 31.3 Å². The van der Waals surface area contributed by atoms with Crippen LogP contribution in [0, 0.1) is 0 Å². The molecule has 1 aliphatic rings. The molecule has 3 amide bonds. The fourth-order valence-corrected chi connectivity index (χ4v) is 3.40. The molecule has 25 heavy (non-hydrogen) atoms. The fraction of sp³-hybridized carbons (Fsp3) is 0.375. The lowest BCUT2D eigenvalue weighted by molar-refractivity contribution is -0.118. The number of hydrogen-bond donors (Lipinski definition) is 3. The number of allylic oxidation sites excluding steroid dienone is 1. The third-order valence-electron chi connectivity index (χ3n) is 3.89. The topological polar surface area (TPSA) is 108 Å². The van der Waals surface area contributed by atoms with Gasteiger partial charge in [-0.25, -0.2) is 17.5 Å². The lowest BCUT2D eigenvalue weighted by Gasteiger charge is -2.25. The smallest absolute Gasteiger partial charge is 0.319 e. The van der Waals surface area contributed by atoms with Crippen LogP contribution in [0.2, 0.25) is 0 Å². The summed E-state index contributed by atoms with van der Waals surface area (Å²) in [7, 11) is -0.532. The van der Waals surface area contributed by atoms with Gasteiger partial charge in [-0.15, -0.1) is 0 Å². The number of sulfonamides is 1. The molecular formula is C16H22N4O4S. The van der Waals surface area contributed by atoms with E-state index in [2.05, 4.69) is 16.0 Å². The number of rotatable bonds is 5. The van der Waals surface area contributed by atoms with Crippen LogP contribution in [0.25, 0.3) is 0 Å². The molecule has 0 unspecified atom stereocenters. The van der Waals surface area contributed by atoms with E-state index >= 15 is 0 Å². The van der Waals surface area contributed by atoms with Crippen molar-refractivity contribution in [3.05, 3.63) is 41.1 Å². The molecule has 1 heterocycles. The number of nitrogens with zero attached hydrogens (tertiary/aromatic N) is 1. The van der Waals surface area contributed by atoms with Crippen molar-refractivity contribution in [2.75, 3.05) is 14.1 Å². The van der Waals surface area contributed by atoms with Gasteiger partial charge in [0.1, 0.15) is 0 Å². The minimum absolute atomic E-state index is 0.193. The van der Waals surface area contributed by atoms with Gasteiger partial charge >= 0.3 is 6.03 Å². The molecule has 3 N–H and O–H groups in total. The van der Waals surface area contributed by atoms with Gasteiger partial charge in [0, 0.05) is 26.3 Å². The second kappa shape index (κ2) is 7.24. The molecule has 0 aliphatic carbocycles. The quantitative estimate of drug-likeness (QED) is 0.706. The highest BCUT2D eigenvalue weighted by molar-refractivity contribution is 7.89. The zero-order valence-electron chi connectivity index (χ0n) is 14.6. The summed E-state index contributed by atoms with van der Waals surface area (Å²) < 4.78 is 25.2. The van der Waals surface area contributed by atoms with Crippen LogP contribution in [-0.2, 0) is 21.4 Å². The van der Waals surface area contributed by atoms with Gasteiger partial charge in [-0.3, -0.25) is 4.79 Å². The van der Waals surface area contributed by atoms with Crippen molar-refractivity contribution in [3.63, 3.8) is 0 Å². The standard InChI is InChI=1S/C16H22N4O4S/c1-10-14(11(2)19-16(22)18-10)15(21)17-9-12-5-7-13(8-6-12)25(23,24)20(3)4/h5-8,10H,9H2,1-4H3,(H,17,21)(H2,18,19,22)/t10-/m0/s1. The van der Waals surface area contributed by atoms with Crippen LogP contribution < -0.4 is 16.0 Å². The molecule has 0 fully saturated rings. The molecule has 136 valence electrons. The zero-order valence-corrected chi connectivity index (χ0v) is 15.4. The van der Waals surface area contributed by atoms with E-state index in [9.17, 15) is 18.0 Å². The molecule has 0 aromatic heterocycles. The Balaban J connectivity index is 2.06. The normalized spacial score (nSPS) is 18.0. The summed E-state index contributed by atoms with van der Waals surface area (Å²) in [4.78, 5) is 23.9. The minimum atomic E-state index is -3.47. The second-order valence-corrected chi connectivity index (χ2v) is 8.12. The van der Waals surface area contributed by atoms with Crippen LogP contribution >= 0.6 is 0 Å². The maximum Gasteiger partial charge on any atom is 0.319 e. The first-order chi connectivity index (χ1) is 11.6. The van der Waals surface area contributed by atoms with Gasteiger partial charge in [0.2, 0.25) is 10.0 Å². The molecule has 1 atom stereocenters. The molecule has 0 bridgehead atoms. The lowest BCUT2D eigenvalue weighted by atomic mass is 10.0. The molecule has 0 spiro atoms. The molecule has 0 saturated carbocycles. The van der Waals surface area contributed by atoms with Crippen molar-refractivity contribution in [2.24, 2.45) is 0 Å². The minimum Gasteiger partial charge on any atom is -0.348 e. The summed E-state index contributed by atoms with van der Waals surface area (Å²) in [6.45, 7) is 3.65. The molecule has 9 heteroatoms. The Morgan fingerprint density at radius 3 is 2.36 bits per heavy atom. The van der Waals surface area contributed by atoms with Gasteiger partial charge < -0.3 is 16.0 Å². The number of carbonyl (C=O) groups is 2. The van der Waals surface area contributed by atoms with Crippen molar-refractivity contribution in [3.8, 4) is 0 Å². The number of carbonyl (C=O) groups excluding carboxylic acids is 2. The highest BCUT2D eigenvalue weighted by Crippen LogP contribution is 2.15. The average Bonchev–Trinajstić information content (AvgIpc) is 2.52. The summed E-state index contributed by atoms with van der Waals surface area (Å²) in [5.74, 6) is -0.289. The highest BCUT2D eigenvalue weighted by Gasteiger charge is 2.26. The Kier molecular flexibility index (Phi) is 5.48. The molecule has 0 radical (unpaired) electrons. The van der Waals surface area contributed by atoms with Gasteiger partial charge in [0.05, 0.1) is 16.5 Å². The van der Waals surface area contributed by atoms with E-state index in [0.29, 0.717) is 11.3 Å². The van der Waals surface area contributed by atoms with Crippen molar-refractivity contribution in [1.29, 1.82) is 0 Å². The number of benzene rings is 1. The number of urea groups is 1. The zero-order chi connectivity index (χ0) is 18.8. The number of nitrogens with one attached hydrogen (secondary N) is 3. The second-order valence-electron chi connectivity index (χ2n) is 5.97. The van der Waals surface area contributed by atoms with Gasteiger partial charge in [0.25, 0.3) is 5.91 Å². The van der Waals surface area contributed by atoms with Crippen molar-refractivity contribution in [1.82, 2.24) is 20.3 Å². The van der Waals surface area contributed by atoms with Gasteiger partial charge in [-0.2, -0.15) is 0 Å². The SMILES string of the molecule is CC1=C(C(=O)NCc2ccc(S(=O)(=O)N(C)C)cc2)[C@H](C)NC(=O)N1.